The maximum absolute atomic E-state index is 12.9. The smallest absolute Gasteiger partial charge is 0.395 e. The molecule has 0 aliphatic carbocycles. The van der Waals surface area contributed by atoms with Gasteiger partial charge in [0.05, 0.1) is 17.1 Å². The molecule has 2 aromatic carbocycles. The Hall–Kier alpha value is -2.87. The number of carbonyl (C=O) groups is 2. The molecule has 3 rings (SSSR count). The summed E-state index contributed by atoms with van der Waals surface area (Å²) < 4.78 is 34.4. The van der Waals surface area contributed by atoms with E-state index in [-0.39, 0.29) is 34.3 Å². The summed E-state index contributed by atoms with van der Waals surface area (Å²) in [6.07, 6.45) is -3.73. The van der Waals surface area contributed by atoms with Gasteiger partial charge in [0.25, 0.3) is 5.91 Å². The number of amides is 2. The Morgan fingerprint density at radius 1 is 1.08 bits per heavy atom. The first-order valence-electron chi connectivity index (χ1n) is 7.06. The van der Waals surface area contributed by atoms with Crippen LogP contribution in [0, 0.1) is 0 Å². The summed E-state index contributed by atoms with van der Waals surface area (Å²) in [5.41, 5.74) is 0.458. The van der Waals surface area contributed by atoms with E-state index in [1.165, 1.54) is 24.3 Å². The Morgan fingerprint density at radius 2 is 1.80 bits per heavy atom. The fraction of sp³-hybridized carbons (Fsp3) is 0.125. The van der Waals surface area contributed by atoms with E-state index in [0.717, 1.165) is 0 Å². The molecule has 6 nitrogen and oxygen atoms in total. The number of alkyl halides is 2. The van der Waals surface area contributed by atoms with Crippen molar-refractivity contribution >= 4 is 29.1 Å². The molecule has 130 valence electrons. The number of anilines is 1. The molecule has 0 saturated heterocycles. The van der Waals surface area contributed by atoms with E-state index in [1.54, 1.807) is 18.2 Å². The Bertz CT molecular complexity index is 845. The highest BCUT2D eigenvalue weighted by Crippen LogP contribution is 2.42. The molecule has 0 radical (unpaired) electrons. The van der Waals surface area contributed by atoms with Crippen molar-refractivity contribution in [3.63, 3.8) is 0 Å². The van der Waals surface area contributed by atoms with Crippen molar-refractivity contribution in [3.8, 4) is 11.5 Å². The third-order valence-corrected chi connectivity index (χ3v) is 3.54. The highest BCUT2D eigenvalue weighted by Gasteiger charge is 2.43. The zero-order valence-electron chi connectivity index (χ0n) is 12.5. The first-order chi connectivity index (χ1) is 11.8. The van der Waals surface area contributed by atoms with Gasteiger partial charge in [-0.3, -0.25) is 9.59 Å². The molecule has 0 fully saturated rings. The summed E-state index contributed by atoms with van der Waals surface area (Å²) in [6.45, 7) is -0.325. The molecular formula is C16H11ClF2N2O4. The van der Waals surface area contributed by atoms with Crippen LogP contribution in [-0.2, 0) is 4.79 Å². The minimum atomic E-state index is -3.73. The lowest BCUT2D eigenvalue weighted by Gasteiger charge is -2.08. The fourth-order valence-corrected chi connectivity index (χ4v) is 2.35. The molecule has 2 N–H and O–H groups in total. The number of hydrogen-bond donors (Lipinski definition) is 2. The molecule has 9 heteroatoms. The quantitative estimate of drug-likeness (QED) is 0.869. The van der Waals surface area contributed by atoms with Gasteiger partial charge < -0.3 is 20.1 Å². The van der Waals surface area contributed by atoms with Crippen LogP contribution in [0.15, 0.2) is 42.5 Å². The number of rotatable bonds is 4. The van der Waals surface area contributed by atoms with Crippen LogP contribution in [0.1, 0.15) is 10.4 Å². The number of nitrogens with one attached hydrogen (secondary N) is 2. The Labute approximate surface area is 145 Å². The Balaban J connectivity index is 1.57. The molecular weight excluding hydrogens is 358 g/mol. The van der Waals surface area contributed by atoms with Gasteiger partial charge in [-0.05, 0) is 24.3 Å². The van der Waals surface area contributed by atoms with Gasteiger partial charge in [0, 0.05) is 11.8 Å². The second-order valence-corrected chi connectivity index (χ2v) is 5.45. The van der Waals surface area contributed by atoms with Gasteiger partial charge in [0.1, 0.15) is 0 Å². The monoisotopic (exact) mass is 368 g/mol. The number of halogens is 3. The van der Waals surface area contributed by atoms with Crippen LogP contribution in [0.2, 0.25) is 5.02 Å². The van der Waals surface area contributed by atoms with Gasteiger partial charge in [0.15, 0.2) is 11.5 Å². The minimum Gasteiger partial charge on any atom is -0.395 e. The van der Waals surface area contributed by atoms with Crippen molar-refractivity contribution in [1.82, 2.24) is 5.32 Å². The van der Waals surface area contributed by atoms with Gasteiger partial charge >= 0.3 is 6.29 Å². The third kappa shape index (κ3) is 3.97. The van der Waals surface area contributed by atoms with Crippen LogP contribution in [0.25, 0.3) is 0 Å². The highest BCUT2D eigenvalue weighted by molar-refractivity contribution is 6.33. The van der Waals surface area contributed by atoms with Crippen molar-refractivity contribution in [2.24, 2.45) is 0 Å². The zero-order chi connectivity index (χ0) is 18.0. The molecule has 1 heterocycles. The van der Waals surface area contributed by atoms with E-state index < -0.39 is 18.1 Å². The molecule has 0 unspecified atom stereocenters. The van der Waals surface area contributed by atoms with E-state index in [4.69, 9.17) is 11.6 Å². The largest absolute Gasteiger partial charge is 0.586 e. The molecule has 2 amide bonds. The van der Waals surface area contributed by atoms with E-state index in [1.807, 2.05) is 0 Å². The SMILES string of the molecule is O=C(CNC(=O)c1ccccc1Cl)Nc1ccc2c(c1)OC(F)(F)O2. The van der Waals surface area contributed by atoms with Crippen molar-refractivity contribution in [2.45, 2.75) is 6.29 Å². The van der Waals surface area contributed by atoms with Crippen LogP contribution in [0.3, 0.4) is 0 Å². The average Bonchev–Trinajstić information content (AvgIpc) is 2.86. The van der Waals surface area contributed by atoms with Gasteiger partial charge in [-0.25, -0.2) is 0 Å². The standard InChI is InChI=1S/C16H11ClF2N2O4/c17-11-4-2-1-3-10(11)15(23)20-8-14(22)21-9-5-6-12-13(7-9)25-16(18,19)24-12/h1-7H,8H2,(H,20,23)(H,21,22). The minimum absolute atomic E-state index is 0.130. The summed E-state index contributed by atoms with van der Waals surface area (Å²) in [5, 5.41) is 5.13. The number of carbonyl (C=O) groups excluding carboxylic acids is 2. The van der Waals surface area contributed by atoms with Crippen molar-refractivity contribution < 1.29 is 27.8 Å². The number of benzene rings is 2. The maximum Gasteiger partial charge on any atom is 0.586 e. The lowest BCUT2D eigenvalue weighted by molar-refractivity contribution is -0.286. The van der Waals surface area contributed by atoms with E-state index >= 15 is 0 Å². The summed E-state index contributed by atoms with van der Waals surface area (Å²) in [4.78, 5) is 23.8. The van der Waals surface area contributed by atoms with Gasteiger partial charge in [-0.1, -0.05) is 23.7 Å². The zero-order valence-corrected chi connectivity index (χ0v) is 13.3. The first-order valence-corrected chi connectivity index (χ1v) is 7.44. The fourth-order valence-electron chi connectivity index (χ4n) is 2.13. The molecule has 1 aliphatic heterocycles. The average molecular weight is 369 g/mol. The molecule has 25 heavy (non-hydrogen) atoms. The van der Waals surface area contributed by atoms with Crippen LogP contribution < -0.4 is 20.1 Å². The van der Waals surface area contributed by atoms with Crippen LogP contribution >= 0.6 is 11.6 Å². The summed E-state index contributed by atoms with van der Waals surface area (Å²) >= 11 is 5.89. The van der Waals surface area contributed by atoms with Crippen molar-refractivity contribution in [2.75, 3.05) is 11.9 Å². The normalized spacial score (nSPS) is 14.0. The molecule has 0 atom stereocenters. The maximum atomic E-state index is 12.9. The second kappa shape index (κ2) is 6.56. The highest BCUT2D eigenvalue weighted by atomic mass is 35.5. The second-order valence-electron chi connectivity index (χ2n) is 5.04. The molecule has 0 spiro atoms. The van der Waals surface area contributed by atoms with Gasteiger partial charge in [0.2, 0.25) is 5.91 Å². The van der Waals surface area contributed by atoms with Crippen molar-refractivity contribution in [1.29, 1.82) is 0 Å². The first kappa shape index (κ1) is 17.0. The van der Waals surface area contributed by atoms with E-state index in [0.29, 0.717) is 0 Å². The van der Waals surface area contributed by atoms with E-state index in [2.05, 4.69) is 20.1 Å². The predicted molar refractivity (Wildman–Crippen MR) is 85.1 cm³/mol. The van der Waals surface area contributed by atoms with Gasteiger partial charge in [-0.2, -0.15) is 0 Å². The topological polar surface area (TPSA) is 76.7 Å². The number of ether oxygens (including phenoxy) is 2. The molecule has 2 aromatic rings. The third-order valence-electron chi connectivity index (χ3n) is 3.21. The lowest BCUT2D eigenvalue weighted by atomic mass is 10.2. The van der Waals surface area contributed by atoms with Crippen LogP contribution in [-0.4, -0.2) is 24.7 Å². The molecule has 1 aliphatic rings. The molecule has 0 bridgehead atoms. The molecule has 0 saturated carbocycles. The summed E-state index contributed by atoms with van der Waals surface area (Å²) in [6, 6.07) is 10.2. The predicted octanol–water partition coefficient (Wildman–Crippen LogP) is 3.03. The van der Waals surface area contributed by atoms with Crippen molar-refractivity contribution in [3.05, 3.63) is 53.1 Å². The number of fused-ring (bicyclic) bond motifs is 1. The summed E-state index contributed by atoms with van der Waals surface area (Å²) in [5.74, 6) is -1.38. The Morgan fingerprint density at radius 3 is 2.56 bits per heavy atom. The Kier molecular flexibility index (Phi) is 4.45. The number of hydrogen-bond acceptors (Lipinski definition) is 4. The lowest BCUT2D eigenvalue weighted by Crippen LogP contribution is -2.33. The van der Waals surface area contributed by atoms with Gasteiger partial charge in [-0.15, -0.1) is 8.78 Å². The molecule has 0 aromatic heterocycles. The van der Waals surface area contributed by atoms with E-state index in [9.17, 15) is 18.4 Å². The van der Waals surface area contributed by atoms with Crippen LogP contribution in [0.4, 0.5) is 14.5 Å². The van der Waals surface area contributed by atoms with Crippen LogP contribution in [0.5, 0.6) is 11.5 Å². The summed E-state index contributed by atoms with van der Waals surface area (Å²) in [7, 11) is 0.